The Labute approximate surface area is 104 Å². The molecule has 2 nitrogen and oxygen atoms in total. The summed E-state index contributed by atoms with van der Waals surface area (Å²) in [5, 5.41) is 0. The number of rotatable bonds is 1. The predicted molar refractivity (Wildman–Crippen MR) is 64.3 cm³/mol. The SMILES string of the molecule is CN(C(=O)C(C)(C)C)c1ccc(C(F)(F)F)cc1. The summed E-state index contributed by atoms with van der Waals surface area (Å²) in [6.45, 7) is 5.28. The minimum Gasteiger partial charge on any atom is -0.315 e. The molecular formula is C13H16F3NO. The molecule has 0 aliphatic carbocycles. The van der Waals surface area contributed by atoms with Crippen LogP contribution in [-0.4, -0.2) is 13.0 Å². The van der Waals surface area contributed by atoms with Crippen molar-refractivity contribution in [1.82, 2.24) is 0 Å². The normalized spacial score (nSPS) is 12.4. The minimum atomic E-state index is -4.36. The van der Waals surface area contributed by atoms with E-state index in [-0.39, 0.29) is 5.91 Å². The molecule has 1 rings (SSSR count). The van der Waals surface area contributed by atoms with Crippen molar-refractivity contribution in [2.24, 2.45) is 5.41 Å². The van der Waals surface area contributed by atoms with Gasteiger partial charge in [0.25, 0.3) is 0 Å². The Hall–Kier alpha value is -1.52. The van der Waals surface area contributed by atoms with E-state index in [0.717, 1.165) is 12.1 Å². The predicted octanol–water partition coefficient (Wildman–Crippen LogP) is 3.71. The monoisotopic (exact) mass is 259 g/mol. The molecule has 0 aliphatic heterocycles. The highest BCUT2D eigenvalue weighted by molar-refractivity contribution is 5.96. The second kappa shape index (κ2) is 4.63. The molecule has 1 aromatic rings. The third-order valence-corrected chi connectivity index (χ3v) is 2.53. The molecule has 1 aromatic carbocycles. The number of hydrogen-bond donors (Lipinski definition) is 0. The summed E-state index contributed by atoms with van der Waals surface area (Å²) >= 11 is 0. The fourth-order valence-corrected chi connectivity index (χ4v) is 1.49. The number of anilines is 1. The Morgan fingerprint density at radius 1 is 1.06 bits per heavy atom. The molecule has 100 valence electrons. The van der Waals surface area contributed by atoms with Crippen LogP contribution in [0, 0.1) is 5.41 Å². The maximum absolute atomic E-state index is 12.4. The second-order valence-corrected chi connectivity index (χ2v) is 5.16. The van der Waals surface area contributed by atoms with Gasteiger partial charge in [-0.3, -0.25) is 4.79 Å². The maximum Gasteiger partial charge on any atom is 0.416 e. The molecule has 0 aliphatic rings. The van der Waals surface area contributed by atoms with Gasteiger partial charge in [0, 0.05) is 18.2 Å². The molecule has 0 atom stereocenters. The van der Waals surface area contributed by atoms with Crippen LogP contribution < -0.4 is 4.90 Å². The highest BCUT2D eigenvalue weighted by Gasteiger charge is 2.31. The molecule has 0 heterocycles. The Bertz CT molecular complexity index is 429. The number of nitrogens with zero attached hydrogens (tertiary/aromatic N) is 1. The van der Waals surface area contributed by atoms with Crippen molar-refractivity contribution >= 4 is 11.6 Å². The first-order valence-electron chi connectivity index (χ1n) is 5.49. The number of halogens is 3. The van der Waals surface area contributed by atoms with E-state index in [2.05, 4.69) is 0 Å². The van der Waals surface area contributed by atoms with Crippen molar-refractivity contribution in [3.05, 3.63) is 29.8 Å². The van der Waals surface area contributed by atoms with Gasteiger partial charge in [-0.05, 0) is 24.3 Å². The standard InChI is InChI=1S/C13H16F3NO/c1-12(2,3)11(18)17(4)10-7-5-9(6-8-10)13(14,15)16/h5-8H,1-4H3. The molecule has 0 saturated carbocycles. The van der Waals surface area contributed by atoms with E-state index >= 15 is 0 Å². The summed E-state index contributed by atoms with van der Waals surface area (Å²) in [6.07, 6.45) is -4.36. The van der Waals surface area contributed by atoms with E-state index in [9.17, 15) is 18.0 Å². The highest BCUT2D eigenvalue weighted by atomic mass is 19.4. The zero-order valence-electron chi connectivity index (χ0n) is 10.8. The van der Waals surface area contributed by atoms with Gasteiger partial charge in [0.2, 0.25) is 5.91 Å². The lowest BCUT2D eigenvalue weighted by Crippen LogP contribution is -2.36. The van der Waals surface area contributed by atoms with Gasteiger partial charge < -0.3 is 4.90 Å². The molecule has 5 heteroatoms. The minimum absolute atomic E-state index is 0.151. The molecule has 0 saturated heterocycles. The van der Waals surface area contributed by atoms with Crippen LogP contribution in [0.25, 0.3) is 0 Å². The highest BCUT2D eigenvalue weighted by Crippen LogP contribution is 2.31. The Morgan fingerprint density at radius 3 is 1.83 bits per heavy atom. The Kier molecular flexibility index (Phi) is 3.74. The van der Waals surface area contributed by atoms with Gasteiger partial charge in [-0.15, -0.1) is 0 Å². The number of alkyl halides is 3. The topological polar surface area (TPSA) is 20.3 Å². The van der Waals surface area contributed by atoms with Gasteiger partial charge in [0.1, 0.15) is 0 Å². The van der Waals surface area contributed by atoms with Crippen LogP contribution in [0.1, 0.15) is 26.3 Å². The molecule has 0 fully saturated rings. The summed E-state index contributed by atoms with van der Waals surface area (Å²) < 4.78 is 37.2. The van der Waals surface area contributed by atoms with Crippen molar-refractivity contribution in [3.8, 4) is 0 Å². The summed E-state index contributed by atoms with van der Waals surface area (Å²) in [6, 6.07) is 4.54. The largest absolute Gasteiger partial charge is 0.416 e. The van der Waals surface area contributed by atoms with Gasteiger partial charge in [0.05, 0.1) is 5.56 Å². The molecule has 0 radical (unpaired) electrons. The van der Waals surface area contributed by atoms with Crippen LogP contribution in [0.15, 0.2) is 24.3 Å². The van der Waals surface area contributed by atoms with Crippen LogP contribution in [0.4, 0.5) is 18.9 Å². The second-order valence-electron chi connectivity index (χ2n) is 5.16. The molecular weight excluding hydrogens is 243 g/mol. The number of carbonyl (C=O) groups is 1. The van der Waals surface area contributed by atoms with Crippen molar-refractivity contribution in [2.75, 3.05) is 11.9 Å². The van der Waals surface area contributed by atoms with Gasteiger partial charge in [-0.25, -0.2) is 0 Å². The van der Waals surface area contributed by atoms with Crippen molar-refractivity contribution in [2.45, 2.75) is 26.9 Å². The molecule has 0 N–H and O–H groups in total. The van der Waals surface area contributed by atoms with Crippen LogP contribution in [-0.2, 0) is 11.0 Å². The fraction of sp³-hybridized carbons (Fsp3) is 0.462. The number of benzene rings is 1. The van der Waals surface area contributed by atoms with E-state index in [1.807, 2.05) is 0 Å². The Morgan fingerprint density at radius 2 is 1.50 bits per heavy atom. The lowest BCUT2D eigenvalue weighted by atomic mass is 9.94. The first-order chi connectivity index (χ1) is 8.03. The van der Waals surface area contributed by atoms with Gasteiger partial charge in [-0.2, -0.15) is 13.2 Å². The summed E-state index contributed by atoms with van der Waals surface area (Å²) in [5.74, 6) is -0.151. The lowest BCUT2D eigenvalue weighted by molar-refractivity contribution is -0.137. The van der Waals surface area contributed by atoms with E-state index < -0.39 is 17.2 Å². The quantitative estimate of drug-likeness (QED) is 0.752. The molecule has 0 unspecified atom stereocenters. The molecule has 0 aromatic heterocycles. The average Bonchev–Trinajstić information content (AvgIpc) is 2.25. The third kappa shape index (κ3) is 3.24. The average molecular weight is 259 g/mol. The summed E-state index contributed by atoms with van der Waals surface area (Å²) in [4.78, 5) is 13.3. The third-order valence-electron chi connectivity index (χ3n) is 2.53. The van der Waals surface area contributed by atoms with Crippen molar-refractivity contribution in [1.29, 1.82) is 0 Å². The van der Waals surface area contributed by atoms with Gasteiger partial charge in [0.15, 0.2) is 0 Å². The van der Waals surface area contributed by atoms with Crippen LogP contribution in [0.3, 0.4) is 0 Å². The van der Waals surface area contributed by atoms with Gasteiger partial charge >= 0.3 is 6.18 Å². The first-order valence-corrected chi connectivity index (χ1v) is 5.49. The van der Waals surface area contributed by atoms with E-state index in [1.54, 1.807) is 27.8 Å². The van der Waals surface area contributed by atoms with E-state index in [1.165, 1.54) is 17.0 Å². The van der Waals surface area contributed by atoms with E-state index in [4.69, 9.17) is 0 Å². The number of hydrogen-bond acceptors (Lipinski definition) is 1. The first kappa shape index (κ1) is 14.5. The molecule has 0 spiro atoms. The van der Waals surface area contributed by atoms with Crippen LogP contribution in [0.2, 0.25) is 0 Å². The molecule has 18 heavy (non-hydrogen) atoms. The molecule has 0 bridgehead atoms. The van der Waals surface area contributed by atoms with Gasteiger partial charge in [-0.1, -0.05) is 20.8 Å². The zero-order valence-corrected chi connectivity index (χ0v) is 10.8. The van der Waals surface area contributed by atoms with Crippen molar-refractivity contribution in [3.63, 3.8) is 0 Å². The zero-order chi connectivity index (χ0) is 14.1. The fourth-order valence-electron chi connectivity index (χ4n) is 1.49. The van der Waals surface area contributed by atoms with Crippen molar-refractivity contribution < 1.29 is 18.0 Å². The van der Waals surface area contributed by atoms with Crippen LogP contribution in [0.5, 0.6) is 0 Å². The lowest BCUT2D eigenvalue weighted by Gasteiger charge is -2.26. The maximum atomic E-state index is 12.4. The smallest absolute Gasteiger partial charge is 0.315 e. The number of amides is 1. The summed E-state index contributed by atoms with van der Waals surface area (Å²) in [5.41, 5.74) is -0.844. The molecule has 1 amide bonds. The van der Waals surface area contributed by atoms with Crippen LogP contribution >= 0.6 is 0 Å². The Balaban J connectivity index is 2.96. The summed E-state index contributed by atoms with van der Waals surface area (Å²) in [7, 11) is 1.55. The number of carbonyl (C=O) groups excluding carboxylic acids is 1. The van der Waals surface area contributed by atoms with E-state index in [0.29, 0.717) is 5.69 Å².